The summed E-state index contributed by atoms with van der Waals surface area (Å²) < 4.78 is 0. The normalized spacial score (nSPS) is 18.8. The van der Waals surface area contributed by atoms with Crippen LogP contribution in [0.15, 0.2) is 42.5 Å². The first-order valence-electron chi connectivity index (χ1n) is 8.99. The zero-order valence-electron chi connectivity index (χ0n) is 15.0. The fourth-order valence-electron chi connectivity index (χ4n) is 3.71. The minimum atomic E-state index is -0.505. The smallest absolute Gasteiger partial charge is 0.256 e. The Morgan fingerprint density at radius 3 is 2.81 bits per heavy atom. The molecule has 2 aliphatic rings. The second-order valence-electron chi connectivity index (χ2n) is 6.81. The molecule has 1 fully saturated rings. The third-order valence-corrected chi connectivity index (χ3v) is 4.95. The van der Waals surface area contributed by atoms with E-state index in [0.717, 1.165) is 12.1 Å². The molecule has 0 saturated carbocycles. The van der Waals surface area contributed by atoms with Gasteiger partial charge in [0.25, 0.3) is 5.91 Å². The molecular formula is C20H20N4O3. The fraction of sp³-hybridized carbons (Fsp3) is 0.300. The van der Waals surface area contributed by atoms with Gasteiger partial charge in [-0.05, 0) is 44.0 Å². The van der Waals surface area contributed by atoms with Gasteiger partial charge in [0.1, 0.15) is 18.4 Å². The van der Waals surface area contributed by atoms with E-state index in [-0.39, 0.29) is 24.3 Å². The molecule has 3 amide bonds. The number of hydrogen-bond donors (Lipinski definition) is 1. The van der Waals surface area contributed by atoms with E-state index in [4.69, 9.17) is 0 Å². The van der Waals surface area contributed by atoms with E-state index in [1.54, 1.807) is 41.3 Å². The number of para-hydroxylation sites is 1. The molecule has 1 aromatic heterocycles. The van der Waals surface area contributed by atoms with Crippen LogP contribution in [0.3, 0.4) is 0 Å². The number of nitrogens with one attached hydrogen (secondary N) is 1. The molecule has 0 spiro atoms. The van der Waals surface area contributed by atoms with Crippen molar-refractivity contribution in [1.82, 2.24) is 9.88 Å². The maximum absolute atomic E-state index is 13.1. The number of nitrogens with zero attached hydrogens (tertiary/aromatic N) is 3. The lowest BCUT2D eigenvalue weighted by molar-refractivity contribution is -0.124. The Morgan fingerprint density at radius 2 is 2.00 bits per heavy atom. The SMILES string of the molecule is Cc1cccc(NC(=O)CN2C(=O)[C@@H]3CCCN3C(=O)c3ccccc32)n1. The van der Waals surface area contributed by atoms with Crippen LogP contribution in [0.1, 0.15) is 28.9 Å². The van der Waals surface area contributed by atoms with E-state index in [2.05, 4.69) is 10.3 Å². The molecule has 27 heavy (non-hydrogen) atoms. The largest absolute Gasteiger partial charge is 0.327 e. The van der Waals surface area contributed by atoms with Gasteiger partial charge >= 0.3 is 0 Å². The number of benzene rings is 1. The number of rotatable bonds is 3. The molecule has 0 unspecified atom stereocenters. The summed E-state index contributed by atoms with van der Waals surface area (Å²) in [6.07, 6.45) is 1.41. The van der Waals surface area contributed by atoms with E-state index in [1.165, 1.54) is 4.90 Å². The monoisotopic (exact) mass is 364 g/mol. The number of carbonyl (C=O) groups excluding carboxylic acids is 3. The first-order chi connectivity index (χ1) is 13.0. The highest BCUT2D eigenvalue weighted by atomic mass is 16.2. The van der Waals surface area contributed by atoms with Crippen molar-refractivity contribution in [2.75, 3.05) is 23.3 Å². The van der Waals surface area contributed by atoms with Gasteiger partial charge in [0, 0.05) is 12.2 Å². The highest BCUT2D eigenvalue weighted by molar-refractivity contribution is 6.13. The average Bonchev–Trinajstić information content (AvgIpc) is 3.12. The van der Waals surface area contributed by atoms with E-state index < -0.39 is 6.04 Å². The lowest BCUT2D eigenvalue weighted by Crippen LogP contribution is -2.47. The van der Waals surface area contributed by atoms with Gasteiger partial charge in [0.2, 0.25) is 11.8 Å². The first kappa shape index (κ1) is 17.2. The maximum atomic E-state index is 13.1. The van der Waals surface area contributed by atoms with Crippen LogP contribution >= 0.6 is 0 Å². The van der Waals surface area contributed by atoms with E-state index >= 15 is 0 Å². The molecule has 7 heteroatoms. The molecule has 1 saturated heterocycles. The number of pyridine rings is 1. The van der Waals surface area contributed by atoms with Crippen molar-refractivity contribution >= 4 is 29.2 Å². The molecule has 0 aliphatic carbocycles. The average molecular weight is 364 g/mol. The van der Waals surface area contributed by atoms with E-state index in [1.807, 2.05) is 13.0 Å². The molecule has 7 nitrogen and oxygen atoms in total. The van der Waals surface area contributed by atoms with Crippen molar-refractivity contribution in [3.05, 3.63) is 53.7 Å². The van der Waals surface area contributed by atoms with Crippen molar-refractivity contribution < 1.29 is 14.4 Å². The van der Waals surface area contributed by atoms with Crippen LogP contribution in [-0.4, -0.2) is 46.7 Å². The standard InChI is InChI=1S/C20H20N4O3/c1-13-6-4-10-17(21-13)22-18(25)12-24-15-8-3-2-7-14(15)19(26)23-11-5-9-16(23)20(24)27/h2-4,6-8,10,16H,5,9,11-12H2,1H3,(H,21,22,25)/t16-/m0/s1. The highest BCUT2D eigenvalue weighted by Gasteiger charge is 2.42. The molecule has 0 bridgehead atoms. The molecule has 2 aliphatic heterocycles. The van der Waals surface area contributed by atoms with Gasteiger partial charge in [-0.3, -0.25) is 14.4 Å². The first-order valence-corrected chi connectivity index (χ1v) is 8.99. The zero-order chi connectivity index (χ0) is 19.0. The summed E-state index contributed by atoms with van der Waals surface area (Å²) in [5.74, 6) is -0.271. The van der Waals surface area contributed by atoms with E-state index in [0.29, 0.717) is 30.0 Å². The van der Waals surface area contributed by atoms with Crippen LogP contribution in [0.4, 0.5) is 11.5 Å². The van der Waals surface area contributed by atoms with Crippen molar-refractivity contribution in [3.8, 4) is 0 Å². The van der Waals surface area contributed by atoms with Crippen molar-refractivity contribution in [3.63, 3.8) is 0 Å². The fourth-order valence-corrected chi connectivity index (χ4v) is 3.71. The Hall–Kier alpha value is -3.22. The summed E-state index contributed by atoms with van der Waals surface area (Å²) in [5, 5.41) is 2.73. The van der Waals surface area contributed by atoms with Gasteiger partial charge in [-0.25, -0.2) is 4.98 Å². The lowest BCUT2D eigenvalue weighted by Gasteiger charge is -2.25. The summed E-state index contributed by atoms with van der Waals surface area (Å²) in [7, 11) is 0. The number of hydrogen-bond acceptors (Lipinski definition) is 4. The number of aromatic nitrogens is 1. The van der Waals surface area contributed by atoms with Crippen LogP contribution in [0.5, 0.6) is 0 Å². The summed E-state index contributed by atoms with van der Waals surface area (Å²) in [4.78, 5) is 45.9. The molecule has 1 atom stereocenters. The van der Waals surface area contributed by atoms with E-state index in [9.17, 15) is 14.4 Å². The van der Waals surface area contributed by atoms with Crippen LogP contribution < -0.4 is 10.2 Å². The minimum absolute atomic E-state index is 0.148. The quantitative estimate of drug-likeness (QED) is 0.903. The van der Waals surface area contributed by atoms with Crippen LogP contribution in [-0.2, 0) is 9.59 Å². The molecule has 3 heterocycles. The molecule has 1 aromatic carbocycles. The van der Waals surface area contributed by atoms with Crippen molar-refractivity contribution in [2.24, 2.45) is 0 Å². The van der Waals surface area contributed by atoms with Crippen molar-refractivity contribution in [2.45, 2.75) is 25.8 Å². The molecule has 138 valence electrons. The predicted molar refractivity (Wildman–Crippen MR) is 100 cm³/mol. The summed E-state index contributed by atoms with van der Waals surface area (Å²) in [6.45, 7) is 2.24. The number of anilines is 2. The molecule has 0 radical (unpaired) electrons. The van der Waals surface area contributed by atoms with Gasteiger partial charge in [-0.1, -0.05) is 18.2 Å². The number of fused-ring (bicyclic) bond motifs is 2. The van der Waals surface area contributed by atoms with Crippen LogP contribution in [0.25, 0.3) is 0 Å². The van der Waals surface area contributed by atoms with Crippen LogP contribution in [0, 0.1) is 6.92 Å². The molecule has 4 rings (SSSR count). The number of aryl methyl sites for hydroxylation is 1. The third kappa shape index (κ3) is 3.16. The zero-order valence-corrected chi connectivity index (χ0v) is 15.0. The van der Waals surface area contributed by atoms with Gasteiger partial charge < -0.3 is 15.1 Å². The maximum Gasteiger partial charge on any atom is 0.256 e. The topological polar surface area (TPSA) is 82.6 Å². The summed E-state index contributed by atoms with van der Waals surface area (Å²) >= 11 is 0. The molecule has 2 aromatic rings. The Kier molecular flexibility index (Phi) is 4.35. The predicted octanol–water partition coefficient (Wildman–Crippen LogP) is 1.98. The second-order valence-corrected chi connectivity index (χ2v) is 6.81. The van der Waals surface area contributed by atoms with Gasteiger partial charge in [-0.15, -0.1) is 0 Å². The Morgan fingerprint density at radius 1 is 1.19 bits per heavy atom. The molecule has 1 N–H and O–H groups in total. The lowest BCUT2D eigenvalue weighted by atomic mass is 10.1. The Bertz CT molecular complexity index is 927. The number of amides is 3. The minimum Gasteiger partial charge on any atom is -0.327 e. The van der Waals surface area contributed by atoms with Gasteiger partial charge in [-0.2, -0.15) is 0 Å². The Balaban J connectivity index is 1.64. The second kappa shape index (κ2) is 6.83. The summed E-state index contributed by atoms with van der Waals surface area (Å²) in [6, 6.07) is 11.8. The van der Waals surface area contributed by atoms with Gasteiger partial charge in [0.15, 0.2) is 0 Å². The van der Waals surface area contributed by atoms with Gasteiger partial charge in [0.05, 0.1) is 11.3 Å². The number of carbonyl (C=O) groups is 3. The van der Waals surface area contributed by atoms with Crippen molar-refractivity contribution in [1.29, 1.82) is 0 Å². The Labute approximate surface area is 157 Å². The molecular weight excluding hydrogens is 344 g/mol. The van der Waals surface area contributed by atoms with Crippen LogP contribution in [0.2, 0.25) is 0 Å². The summed E-state index contributed by atoms with van der Waals surface area (Å²) in [5.41, 5.74) is 1.72. The third-order valence-electron chi connectivity index (χ3n) is 4.95. The highest BCUT2D eigenvalue weighted by Crippen LogP contribution is 2.32.